The number of rotatable bonds is 11. The average molecular weight is 748 g/mol. The van der Waals surface area contributed by atoms with Gasteiger partial charge in [-0.15, -0.1) is 0 Å². The zero-order valence-corrected chi connectivity index (χ0v) is 31.3. The van der Waals surface area contributed by atoms with Crippen molar-refractivity contribution in [3.05, 3.63) is 97.9 Å². The molecule has 0 saturated heterocycles. The number of unbranched alkanes of at least 4 members (excludes halogenated alkanes) is 1. The van der Waals surface area contributed by atoms with Crippen LogP contribution < -0.4 is 10.6 Å². The molecule has 0 aromatic heterocycles. The van der Waals surface area contributed by atoms with E-state index in [2.05, 4.69) is 108 Å². The molecule has 1 unspecified atom stereocenters. The Kier molecular flexibility index (Phi) is 16.5. The van der Waals surface area contributed by atoms with Gasteiger partial charge in [0.2, 0.25) is 9.84 Å². The maximum absolute atomic E-state index is 15.2. The average Bonchev–Trinajstić information content (AvgIpc) is 3.06. The van der Waals surface area contributed by atoms with Crippen LogP contribution in [-0.2, 0) is 30.0 Å². The molecule has 7 heteroatoms. The Morgan fingerprint density at radius 1 is 0.721 bits per heavy atom. The van der Waals surface area contributed by atoms with Gasteiger partial charge in [-0.2, -0.15) is 0 Å². The summed E-state index contributed by atoms with van der Waals surface area (Å²) in [4.78, 5) is 0.557. The fourth-order valence-electron chi connectivity index (χ4n) is 7.20. The van der Waals surface area contributed by atoms with E-state index in [0.717, 1.165) is 19.3 Å². The molecular weight excluding hydrogens is 697 g/mol. The second-order valence-electron chi connectivity index (χ2n) is 12.0. The molecule has 0 spiro atoms. The van der Waals surface area contributed by atoms with Crippen LogP contribution in [0.3, 0.4) is 0 Å². The number of sulfone groups is 1. The van der Waals surface area contributed by atoms with Gasteiger partial charge >= 0.3 is 27.9 Å². The normalized spacial score (nSPS) is 17.2. The van der Waals surface area contributed by atoms with Crippen LogP contribution >= 0.6 is 30.1 Å². The van der Waals surface area contributed by atoms with Crippen molar-refractivity contribution >= 4 is 50.5 Å². The van der Waals surface area contributed by atoms with Crippen molar-refractivity contribution in [1.82, 2.24) is 0 Å². The summed E-state index contributed by atoms with van der Waals surface area (Å²) >= 11 is 6.25. The molecule has 3 aromatic carbocycles. The summed E-state index contributed by atoms with van der Waals surface area (Å²) < 4.78 is 30.2. The van der Waals surface area contributed by atoms with Crippen LogP contribution in [0.25, 0.3) is 0 Å². The molecule has 0 bridgehead atoms. The zero-order valence-electron chi connectivity index (χ0n) is 25.9. The minimum atomic E-state index is -3.54. The van der Waals surface area contributed by atoms with Crippen LogP contribution in [0.1, 0.15) is 89.5 Å². The van der Waals surface area contributed by atoms with Gasteiger partial charge in [0.05, 0.1) is 24.1 Å². The van der Waals surface area contributed by atoms with E-state index < -0.39 is 25.7 Å². The first-order chi connectivity index (χ1) is 20.6. The van der Waals surface area contributed by atoms with Gasteiger partial charge in [0.15, 0.2) is 0 Å². The fourth-order valence-corrected chi connectivity index (χ4v) is 22.9. The number of hydrogen-bond donors (Lipinski definition) is 0. The molecule has 2 saturated carbocycles. The third kappa shape index (κ3) is 9.72. The first-order valence-corrected chi connectivity index (χ1v) is 23.2. The number of benzene rings is 3. The molecule has 239 valence electrons. The van der Waals surface area contributed by atoms with E-state index in [9.17, 15) is 0 Å². The Balaban J connectivity index is 0.00000165. The molecule has 2 aliphatic rings. The van der Waals surface area contributed by atoms with Gasteiger partial charge in [-0.1, -0.05) is 74.7 Å². The quantitative estimate of drug-likeness (QED) is 0.111. The van der Waals surface area contributed by atoms with Gasteiger partial charge in [0.25, 0.3) is 4.73 Å². The van der Waals surface area contributed by atoms with Crippen LogP contribution in [0, 0.1) is 7.43 Å². The second-order valence-corrected chi connectivity index (χ2v) is 21.2. The van der Waals surface area contributed by atoms with Gasteiger partial charge in [0.1, 0.15) is 18.5 Å². The van der Waals surface area contributed by atoms with Crippen LogP contribution in [0.4, 0.5) is 0 Å². The van der Waals surface area contributed by atoms with Crippen molar-refractivity contribution in [3.8, 4) is 0 Å². The molecular formula is C36H51BrNiO2P2S+. The van der Waals surface area contributed by atoms with E-state index in [4.69, 9.17) is 0 Å². The predicted molar refractivity (Wildman–Crippen MR) is 194 cm³/mol. The Bertz CT molecular complexity index is 1220. The van der Waals surface area contributed by atoms with Crippen molar-refractivity contribution in [2.45, 2.75) is 111 Å². The summed E-state index contributed by atoms with van der Waals surface area (Å²) in [5.41, 5.74) is 2.44. The molecule has 0 N–H and O–H groups in total. The molecule has 43 heavy (non-hydrogen) atoms. The predicted octanol–water partition coefficient (Wildman–Crippen LogP) is 10.1. The minimum absolute atomic E-state index is 0. The van der Waals surface area contributed by atoms with Gasteiger partial charge in [0, 0.05) is 0 Å². The summed E-state index contributed by atoms with van der Waals surface area (Å²) in [6.07, 6.45) is 15.9. The third-order valence-corrected chi connectivity index (χ3v) is 22.2. The summed E-state index contributed by atoms with van der Waals surface area (Å²) in [5.74, 6) is 0. The molecule has 2 nitrogen and oxygen atoms in total. The SMILES string of the molecule is CCCCc1ccc(S(=O)(=O)C([PH+](c2ccccc2)c2ccccc2)[PH+](C2CCCCC2)C2CCCCC2)cc1.[CH3-].[Ni][Br]. The van der Waals surface area contributed by atoms with Crippen molar-refractivity contribution < 1.29 is 22.1 Å². The maximum atomic E-state index is 15.2. The van der Waals surface area contributed by atoms with Crippen molar-refractivity contribution in [1.29, 1.82) is 0 Å². The van der Waals surface area contributed by atoms with E-state index in [1.807, 2.05) is 12.1 Å². The van der Waals surface area contributed by atoms with Crippen molar-refractivity contribution in [2.75, 3.05) is 0 Å². The van der Waals surface area contributed by atoms with E-state index in [-0.39, 0.29) is 12.2 Å². The molecule has 5 rings (SSSR count). The van der Waals surface area contributed by atoms with Crippen LogP contribution in [0.5, 0.6) is 0 Å². The molecule has 0 amide bonds. The van der Waals surface area contributed by atoms with E-state index in [1.54, 1.807) is 0 Å². The molecule has 0 aliphatic heterocycles. The molecule has 2 fully saturated rings. The fraction of sp³-hybridized carbons (Fsp3) is 0.472. The van der Waals surface area contributed by atoms with Crippen molar-refractivity contribution in [2.24, 2.45) is 0 Å². The summed E-state index contributed by atoms with van der Waals surface area (Å²) in [6.45, 7) is 2.21. The molecule has 2 aliphatic carbocycles. The Morgan fingerprint density at radius 3 is 1.58 bits per heavy atom. The van der Waals surface area contributed by atoms with E-state index in [0.29, 0.717) is 16.2 Å². The third-order valence-electron chi connectivity index (χ3n) is 9.27. The van der Waals surface area contributed by atoms with Gasteiger partial charge in [-0.3, -0.25) is 0 Å². The molecule has 3 aromatic rings. The number of hydrogen-bond acceptors (Lipinski definition) is 2. The standard InChI is InChI=1S/C35H46O2P2S.CH3.BrH.Ni/c1-2-3-16-29-25-27-34(28-26-29)40(36,37)35(38(30-17-8-4-9-18-30)31-19-10-5-11-20-31)39(32-21-12-6-13-22-32)33-23-14-7-15-24-33;;;/h4-5,8-11,17-20,25-28,32-33,35H,2-3,6-7,12-16,21-24H2,1H3;1H3;1H;/q;-1;;+1/p+1. The van der Waals surface area contributed by atoms with E-state index >= 15 is 8.42 Å². The van der Waals surface area contributed by atoms with Gasteiger partial charge < -0.3 is 7.43 Å². The van der Waals surface area contributed by atoms with Crippen LogP contribution in [0.15, 0.2) is 89.8 Å². The van der Waals surface area contributed by atoms with Crippen LogP contribution in [-0.4, -0.2) is 24.5 Å². The summed E-state index contributed by atoms with van der Waals surface area (Å²) in [5, 5.41) is 2.50. The van der Waals surface area contributed by atoms with E-state index in [1.165, 1.54) is 80.4 Å². The topological polar surface area (TPSA) is 34.1 Å². The first kappa shape index (κ1) is 36.9. The van der Waals surface area contributed by atoms with Gasteiger partial charge in [-0.05, 0) is 106 Å². The van der Waals surface area contributed by atoms with Crippen LogP contribution in [0.2, 0.25) is 0 Å². The molecule has 0 heterocycles. The second kappa shape index (κ2) is 19.2. The Morgan fingerprint density at radius 2 is 1.16 bits per heavy atom. The number of aryl methyl sites for hydroxylation is 1. The Hall–Kier alpha value is -0.556. The molecule has 1 atom stereocenters. The summed E-state index contributed by atoms with van der Waals surface area (Å²) in [7, 11) is -6.39. The molecule has 0 radical (unpaired) electrons. The number of halogens is 1. The zero-order chi connectivity index (χ0) is 29.8. The monoisotopic (exact) mass is 746 g/mol. The summed E-state index contributed by atoms with van der Waals surface area (Å²) in [6, 6.07) is 29.6. The van der Waals surface area contributed by atoms with Gasteiger partial charge in [-0.25, -0.2) is 8.42 Å². The first-order valence-electron chi connectivity index (χ1n) is 15.9. The van der Waals surface area contributed by atoms with Crippen molar-refractivity contribution in [3.63, 3.8) is 0 Å². The Labute approximate surface area is 280 Å².